The van der Waals surface area contributed by atoms with Crippen LogP contribution in [0.2, 0.25) is 0 Å². The van der Waals surface area contributed by atoms with E-state index in [-0.39, 0.29) is 12.5 Å². The number of benzene rings is 4. The van der Waals surface area contributed by atoms with Crippen molar-refractivity contribution in [2.75, 3.05) is 24.7 Å². The number of fused-ring (bicyclic) bond motifs is 1. The number of carbonyl (C=O) groups is 1. The van der Waals surface area contributed by atoms with E-state index in [2.05, 4.69) is 69.5 Å². The van der Waals surface area contributed by atoms with E-state index < -0.39 is 0 Å². The van der Waals surface area contributed by atoms with Crippen molar-refractivity contribution in [1.82, 2.24) is 5.43 Å². The number of nitrogens with one attached hydrogen (secondary N) is 1. The lowest BCUT2D eigenvalue weighted by Gasteiger charge is -2.15. The van der Waals surface area contributed by atoms with Gasteiger partial charge in [0.25, 0.3) is 5.91 Å². The number of nitrogens with zero attached hydrogens (tertiary/aromatic N) is 1. The number of carbonyl (C=O) groups excluding carboxylic acids is 1. The SMILES string of the molecule is CCOc1cc(/C=N\NC(=O)COc2ccc(C3SCCS3)cc2)cc(I)c1OCc1cccc2ccccc12. The molecule has 4 aromatic rings. The molecule has 4 aromatic carbocycles. The maximum absolute atomic E-state index is 12.3. The Morgan fingerprint density at radius 2 is 1.77 bits per heavy atom. The van der Waals surface area contributed by atoms with E-state index in [4.69, 9.17) is 14.2 Å². The minimum Gasteiger partial charge on any atom is -0.490 e. The van der Waals surface area contributed by atoms with Crippen LogP contribution in [-0.2, 0) is 11.4 Å². The molecule has 0 aliphatic carbocycles. The molecule has 1 N–H and O–H groups in total. The van der Waals surface area contributed by atoms with Gasteiger partial charge in [0.1, 0.15) is 12.4 Å². The van der Waals surface area contributed by atoms with Crippen LogP contribution in [0.25, 0.3) is 10.8 Å². The van der Waals surface area contributed by atoms with Gasteiger partial charge in [-0.2, -0.15) is 5.10 Å². The first-order valence-electron chi connectivity index (χ1n) is 12.9. The van der Waals surface area contributed by atoms with Crippen molar-refractivity contribution in [3.63, 3.8) is 0 Å². The molecule has 206 valence electrons. The van der Waals surface area contributed by atoms with E-state index in [1.165, 1.54) is 27.8 Å². The molecule has 0 bridgehead atoms. The summed E-state index contributed by atoms with van der Waals surface area (Å²) in [5, 5.41) is 6.46. The Bertz CT molecular complexity index is 1490. The molecule has 0 spiro atoms. The van der Waals surface area contributed by atoms with Gasteiger partial charge in [-0.3, -0.25) is 4.79 Å². The highest BCUT2D eigenvalue weighted by atomic mass is 127. The van der Waals surface area contributed by atoms with E-state index in [0.717, 1.165) is 14.7 Å². The van der Waals surface area contributed by atoms with E-state index in [0.29, 0.717) is 35.0 Å². The molecule has 0 saturated carbocycles. The van der Waals surface area contributed by atoms with Gasteiger partial charge in [-0.25, -0.2) is 5.43 Å². The van der Waals surface area contributed by atoms with Crippen molar-refractivity contribution in [3.05, 3.63) is 99.1 Å². The molecule has 0 aromatic heterocycles. The summed E-state index contributed by atoms with van der Waals surface area (Å²) in [6.07, 6.45) is 1.59. The topological polar surface area (TPSA) is 69.2 Å². The summed E-state index contributed by atoms with van der Waals surface area (Å²) < 4.78 is 19.1. The van der Waals surface area contributed by atoms with Gasteiger partial charge in [0.2, 0.25) is 0 Å². The second-order valence-electron chi connectivity index (χ2n) is 8.91. The molecule has 1 saturated heterocycles. The molecule has 0 unspecified atom stereocenters. The Morgan fingerprint density at radius 3 is 2.58 bits per heavy atom. The summed E-state index contributed by atoms with van der Waals surface area (Å²) in [5.74, 6) is 4.00. The van der Waals surface area contributed by atoms with Crippen LogP contribution in [0.1, 0.15) is 28.2 Å². The van der Waals surface area contributed by atoms with Crippen LogP contribution in [0.4, 0.5) is 0 Å². The van der Waals surface area contributed by atoms with Gasteiger partial charge < -0.3 is 14.2 Å². The first-order chi connectivity index (χ1) is 19.6. The minimum absolute atomic E-state index is 0.119. The quantitative estimate of drug-likeness (QED) is 0.101. The highest BCUT2D eigenvalue weighted by molar-refractivity contribution is 14.1. The van der Waals surface area contributed by atoms with Crippen molar-refractivity contribution >= 4 is 69.0 Å². The molecule has 1 amide bonds. The Hall–Kier alpha value is -2.89. The standard InChI is InChI=1S/C31H29IN2O4S2/c1-2-36-28-17-21(16-27(32)30(28)38-19-24-8-5-7-22-6-3-4-9-26(22)24)18-33-34-29(35)20-37-25-12-10-23(11-13-25)31-39-14-15-40-31/h3-13,16-18,31H,2,14-15,19-20H2,1H3,(H,34,35)/b33-18-. The molecule has 5 rings (SSSR count). The number of ether oxygens (including phenoxy) is 3. The summed E-state index contributed by atoms with van der Waals surface area (Å²) in [6, 6.07) is 26.2. The first-order valence-corrected chi connectivity index (χ1v) is 16.1. The minimum atomic E-state index is -0.336. The third kappa shape index (κ3) is 7.44. The number of rotatable bonds is 11. The normalized spacial score (nSPS) is 13.6. The molecular formula is C31H29IN2O4S2. The van der Waals surface area contributed by atoms with E-state index in [1.807, 2.05) is 72.9 Å². The smallest absolute Gasteiger partial charge is 0.277 e. The third-order valence-corrected chi connectivity index (χ3v) is 10.0. The number of hydrogen-bond donors (Lipinski definition) is 1. The zero-order valence-electron chi connectivity index (χ0n) is 22.0. The fourth-order valence-corrected chi connectivity index (χ4v) is 7.91. The van der Waals surface area contributed by atoms with E-state index in [9.17, 15) is 4.79 Å². The highest BCUT2D eigenvalue weighted by Gasteiger charge is 2.18. The molecule has 1 aliphatic rings. The van der Waals surface area contributed by atoms with Gasteiger partial charge in [-0.15, -0.1) is 23.5 Å². The number of halogens is 1. The van der Waals surface area contributed by atoms with Crippen molar-refractivity contribution in [1.29, 1.82) is 0 Å². The van der Waals surface area contributed by atoms with Crippen molar-refractivity contribution in [2.24, 2.45) is 5.10 Å². The fraction of sp³-hybridized carbons (Fsp3) is 0.226. The molecule has 1 fully saturated rings. The maximum Gasteiger partial charge on any atom is 0.277 e. The van der Waals surface area contributed by atoms with Gasteiger partial charge in [-0.1, -0.05) is 54.6 Å². The zero-order valence-corrected chi connectivity index (χ0v) is 25.8. The number of hydrazone groups is 1. The Balaban J connectivity index is 1.17. The van der Waals surface area contributed by atoms with E-state index in [1.54, 1.807) is 6.21 Å². The molecule has 1 heterocycles. The molecule has 0 atom stereocenters. The monoisotopic (exact) mass is 684 g/mol. The summed E-state index contributed by atoms with van der Waals surface area (Å²) in [7, 11) is 0. The van der Waals surface area contributed by atoms with Crippen LogP contribution >= 0.6 is 46.1 Å². The van der Waals surface area contributed by atoms with Gasteiger partial charge in [-0.05, 0) is 81.2 Å². The van der Waals surface area contributed by atoms with Gasteiger partial charge in [0.05, 0.1) is 21.0 Å². The van der Waals surface area contributed by atoms with Gasteiger partial charge in [0, 0.05) is 11.5 Å². The predicted octanol–water partition coefficient (Wildman–Crippen LogP) is 7.43. The van der Waals surface area contributed by atoms with Gasteiger partial charge in [0.15, 0.2) is 18.1 Å². The third-order valence-electron chi connectivity index (χ3n) is 6.13. The molecule has 40 heavy (non-hydrogen) atoms. The summed E-state index contributed by atoms with van der Waals surface area (Å²) >= 11 is 6.16. The van der Waals surface area contributed by atoms with Crippen LogP contribution < -0.4 is 19.6 Å². The lowest BCUT2D eigenvalue weighted by molar-refractivity contribution is -0.123. The predicted molar refractivity (Wildman–Crippen MR) is 174 cm³/mol. The van der Waals surface area contributed by atoms with Crippen LogP contribution in [0, 0.1) is 3.57 Å². The Labute approximate surface area is 256 Å². The van der Waals surface area contributed by atoms with Crippen LogP contribution in [0.3, 0.4) is 0 Å². The average Bonchev–Trinajstić information content (AvgIpc) is 3.51. The Kier molecular flexibility index (Phi) is 10.1. The molecule has 6 nitrogen and oxygen atoms in total. The zero-order chi connectivity index (χ0) is 27.7. The van der Waals surface area contributed by atoms with Crippen molar-refractivity contribution in [3.8, 4) is 17.2 Å². The number of hydrogen-bond acceptors (Lipinski definition) is 7. The Morgan fingerprint density at radius 1 is 1.00 bits per heavy atom. The second-order valence-corrected chi connectivity index (χ2v) is 12.8. The van der Waals surface area contributed by atoms with Crippen molar-refractivity contribution in [2.45, 2.75) is 18.1 Å². The van der Waals surface area contributed by atoms with Crippen LogP contribution in [0.15, 0.2) is 84.0 Å². The van der Waals surface area contributed by atoms with Crippen molar-refractivity contribution < 1.29 is 19.0 Å². The average molecular weight is 685 g/mol. The molecule has 1 aliphatic heterocycles. The molecule has 0 radical (unpaired) electrons. The fourth-order valence-electron chi connectivity index (χ4n) is 4.27. The summed E-state index contributed by atoms with van der Waals surface area (Å²) in [5.41, 5.74) is 5.70. The van der Waals surface area contributed by atoms with Crippen LogP contribution in [-0.4, -0.2) is 36.8 Å². The van der Waals surface area contributed by atoms with Crippen LogP contribution in [0.5, 0.6) is 17.2 Å². The summed E-state index contributed by atoms with van der Waals surface area (Å²) in [4.78, 5) is 12.3. The van der Waals surface area contributed by atoms with Gasteiger partial charge >= 0.3 is 0 Å². The summed E-state index contributed by atoms with van der Waals surface area (Å²) in [6.45, 7) is 2.73. The number of thioether (sulfide) groups is 2. The second kappa shape index (κ2) is 14.1. The molecule has 9 heteroatoms. The maximum atomic E-state index is 12.3. The highest BCUT2D eigenvalue weighted by Crippen LogP contribution is 2.45. The first kappa shape index (κ1) is 28.6. The largest absolute Gasteiger partial charge is 0.490 e. The number of amides is 1. The molecular weight excluding hydrogens is 655 g/mol. The van der Waals surface area contributed by atoms with E-state index >= 15 is 0 Å². The lowest BCUT2D eigenvalue weighted by atomic mass is 10.1. The lowest BCUT2D eigenvalue weighted by Crippen LogP contribution is -2.24.